The first-order chi connectivity index (χ1) is 8.91. The average Bonchev–Trinajstić information content (AvgIpc) is 2.35. The lowest BCUT2D eigenvalue weighted by Crippen LogP contribution is -2.20. The molecule has 7 nitrogen and oxygen atoms in total. The molecule has 0 saturated carbocycles. The van der Waals surface area contributed by atoms with Crippen LogP contribution >= 0.6 is 0 Å². The van der Waals surface area contributed by atoms with Gasteiger partial charge in [0, 0.05) is 18.2 Å². The van der Waals surface area contributed by atoms with Crippen LogP contribution in [0.15, 0.2) is 29.4 Å². The number of carbonyl (C=O) groups is 2. The Labute approximate surface area is 109 Å². The monoisotopic (exact) mass is 263 g/mol. The Morgan fingerprint density at radius 2 is 1.95 bits per heavy atom. The van der Waals surface area contributed by atoms with Crippen LogP contribution in [0.5, 0.6) is 0 Å². The van der Waals surface area contributed by atoms with Crippen molar-refractivity contribution < 1.29 is 14.5 Å². The maximum absolute atomic E-state index is 11.8. The lowest BCUT2D eigenvalue weighted by molar-refractivity contribution is -0.385. The van der Waals surface area contributed by atoms with Crippen LogP contribution in [0.4, 0.5) is 5.69 Å². The number of para-hydroxylation sites is 1. The van der Waals surface area contributed by atoms with Crippen molar-refractivity contribution in [2.75, 3.05) is 0 Å². The highest BCUT2D eigenvalue weighted by molar-refractivity contribution is 6.02. The summed E-state index contributed by atoms with van der Waals surface area (Å²) in [5.41, 5.74) is 2.25. The third-order valence-electron chi connectivity index (χ3n) is 2.20. The SMILES string of the molecule is CC(=O)C/C(C)=N/NC(=O)c1ccccc1[N+](=O)[O-]. The zero-order valence-electron chi connectivity index (χ0n) is 10.5. The lowest BCUT2D eigenvalue weighted by Gasteiger charge is -2.02. The van der Waals surface area contributed by atoms with Crippen molar-refractivity contribution in [2.45, 2.75) is 20.3 Å². The van der Waals surface area contributed by atoms with Crippen molar-refractivity contribution in [2.24, 2.45) is 5.10 Å². The van der Waals surface area contributed by atoms with Crippen molar-refractivity contribution in [1.82, 2.24) is 5.43 Å². The Hall–Kier alpha value is -2.57. The van der Waals surface area contributed by atoms with Crippen molar-refractivity contribution in [1.29, 1.82) is 0 Å². The van der Waals surface area contributed by atoms with E-state index in [1.54, 1.807) is 6.92 Å². The smallest absolute Gasteiger partial charge is 0.282 e. The van der Waals surface area contributed by atoms with Crippen molar-refractivity contribution in [3.8, 4) is 0 Å². The molecule has 0 spiro atoms. The van der Waals surface area contributed by atoms with Gasteiger partial charge in [0.25, 0.3) is 11.6 Å². The summed E-state index contributed by atoms with van der Waals surface area (Å²) in [6.07, 6.45) is 0.122. The molecule has 0 bridgehead atoms. The molecule has 0 atom stereocenters. The predicted molar refractivity (Wildman–Crippen MR) is 69.0 cm³/mol. The number of nitro groups is 1. The Kier molecular flexibility index (Phi) is 4.87. The van der Waals surface area contributed by atoms with Crippen LogP contribution < -0.4 is 5.43 Å². The van der Waals surface area contributed by atoms with E-state index in [2.05, 4.69) is 10.5 Å². The molecule has 0 heterocycles. The fourth-order valence-corrected chi connectivity index (χ4v) is 1.43. The van der Waals surface area contributed by atoms with Gasteiger partial charge in [0.15, 0.2) is 0 Å². The summed E-state index contributed by atoms with van der Waals surface area (Å²) in [4.78, 5) is 32.7. The van der Waals surface area contributed by atoms with E-state index < -0.39 is 10.8 Å². The number of carbonyl (C=O) groups excluding carboxylic acids is 2. The second kappa shape index (κ2) is 6.39. The minimum atomic E-state index is -0.685. The minimum Gasteiger partial charge on any atom is -0.300 e. The topological polar surface area (TPSA) is 102 Å². The fourth-order valence-electron chi connectivity index (χ4n) is 1.43. The summed E-state index contributed by atoms with van der Waals surface area (Å²) in [5, 5.41) is 14.5. The van der Waals surface area contributed by atoms with Crippen molar-refractivity contribution >= 4 is 23.1 Å². The molecular weight excluding hydrogens is 250 g/mol. The van der Waals surface area contributed by atoms with E-state index in [4.69, 9.17) is 0 Å². The summed E-state index contributed by atoms with van der Waals surface area (Å²) in [6, 6.07) is 5.57. The van der Waals surface area contributed by atoms with Gasteiger partial charge in [0.05, 0.1) is 4.92 Å². The summed E-state index contributed by atoms with van der Waals surface area (Å²) in [7, 11) is 0. The van der Waals surface area contributed by atoms with Gasteiger partial charge >= 0.3 is 0 Å². The van der Waals surface area contributed by atoms with Crippen LogP contribution in [0.1, 0.15) is 30.6 Å². The maximum atomic E-state index is 11.8. The molecule has 1 rings (SSSR count). The molecule has 0 aromatic heterocycles. The molecule has 19 heavy (non-hydrogen) atoms. The Morgan fingerprint density at radius 1 is 1.32 bits per heavy atom. The molecule has 100 valence electrons. The summed E-state index contributed by atoms with van der Waals surface area (Å²) in [6.45, 7) is 2.99. The van der Waals surface area contributed by atoms with Crippen LogP contribution in [0.25, 0.3) is 0 Å². The van der Waals surface area contributed by atoms with Crippen molar-refractivity contribution in [3.05, 3.63) is 39.9 Å². The minimum absolute atomic E-state index is 0.0770. The molecule has 1 amide bonds. The molecule has 0 unspecified atom stereocenters. The third-order valence-corrected chi connectivity index (χ3v) is 2.20. The van der Waals surface area contributed by atoms with E-state index in [1.165, 1.54) is 31.2 Å². The number of ketones is 1. The first kappa shape index (κ1) is 14.5. The molecule has 0 fully saturated rings. The number of hydrogen-bond acceptors (Lipinski definition) is 5. The standard InChI is InChI=1S/C12H13N3O4/c1-8(7-9(2)16)13-14-12(17)10-5-3-4-6-11(10)15(18)19/h3-6H,7H2,1-2H3,(H,14,17)/b13-8+. The predicted octanol–water partition coefficient (Wildman–Crippen LogP) is 1.68. The van der Waals surface area contributed by atoms with Gasteiger partial charge in [-0.3, -0.25) is 19.7 Å². The largest absolute Gasteiger partial charge is 0.300 e. The molecule has 1 N–H and O–H groups in total. The molecule has 0 radical (unpaired) electrons. The second-order valence-corrected chi connectivity index (χ2v) is 3.94. The molecule has 0 aliphatic rings. The molecule has 7 heteroatoms. The summed E-state index contributed by atoms with van der Waals surface area (Å²) >= 11 is 0. The van der Waals surface area contributed by atoms with Crippen LogP contribution in [0.3, 0.4) is 0 Å². The first-order valence-electron chi connectivity index (χ1n) is 5.48. The highest BCUT2D eigenvalue weighted by atomic mass is 16.6. The number of benzene rings is 1. The molecule has 1 aromatic carbocycles. The number of Topliss-reactive ketones (excluding diaryl/α,β-unsaturated/α-hetero) is 1. The highest BCUT2D eigenvalue weighted by Crippen LogP contribution is 2.17. The van der Waals surface area contributed by atoms with E-state index in [9.17, 15) is 19.7 Å². The van der Waals surface area contributed by atoms with Crippen molar-refractivity contribution in [3.63, 3.8) is 0 Å². The lowest BCUT2D eigenvalue weighted by atomic mass is 10.2. The van der Waals surface area contributed by atoms with E-state index in [1.807, 2.05) is 0 Å². The summed E-state index contributed by atoms with van der Waals surface area (Å²) in [5.74, 6) is -0.767. The number of hydrazone groups is 1. The van der Waals surface area contributed by atoms with Gasteiger partial charge < -0.3 is 0 Å². The van der Waals surface area contributed by atoms with Crippen LogP contribution in [0.2, 0.25) is 0 Å². The van der Waals surface area contributed by atoms with Gasteiger partial charge in [-0.25, -0.2) is 5.43 Å². The van der Waals surface area contributed by atoms with Crippen LogP contribution in [0, 0.1) is 10.1 Å². The number of nitro benzene ring substituents is 1. The Balaban J connectivity index is 2.85. The van der Waals surface area contributed by atoms with Gasteiger partial charge in [-0.1, -0.05) is 12.1 Å². The number of nitrogens with zero attached hydrogens (tertiary/aromatic N) is 2. The van der Waals surface area contributed by atoms with Gasteiger partial charge in [-0.2, -0.15) is 5.10 Å². The molecule has 0 saturated heterocycles. The fraction of sp³-hybridized carbons (Fsp3) is 0.250. The van der Waals surface area contributed by atoms with Gasteiger partial charge in [0.1, 0.15) is 11.3 Å². The van der Waals surface area contributed by atoms with Gasteiger partial charge in [0.2, 0.25) is 0 Å². The Morgan fingerprint density at radius 3 is 2.53 bits per heavy atom. The molecular formula is C12H13N3O4. The van der Waals surface area contributed by atoms with Crippen LogP contribution in [-0.2, 0) is 4.79 Å². The maximum Gasteiger partial charge on any atom is 0.282 e. The van der Waals surface area contributed by atoms with E-state index >= 15 is 0 Å². The van der Waals surface area contributed by atoms with Crippen LogP contribution in [-0.4, -0.2) is 22.3 Å². The van der Waals surface area contributed by atoms with Gasteiger partial charge in [-0.05, 0) is 19.9 Å². The highest BCUT2D eigenvalue weighted by Gasteiger charge is 2.18. The normalized spacial score (nSPS) is 10.9. The van der Waals surface area contributed by atoms with E-state index in [0.29, 0.717) is 5.71 Å². The summed E-state index contributed by atoms with van der Waals surface area (Å²) < 4.78 is 0. The second-order valence-electron chi connectivity index (χ2n) is 3.94. The zero-order chi connectivity index (χ0) is 14.4. The van der Waals surface area contributed by atoms with E-state index in [0.717, 1.165) is 0 Å². The number of hydrogen-bond donors (Lipinski definition) is 1. The molecule has 0 aliphatic carbocycles. The molecule has 0 aliphatic heterocycles. The zero-order valence-corrected chi connectivity index (χ0v) is 10.5. The van der Waals surface area contributed by atoms with E-state index in [-0.39, 0.29) is 23.5 Å². The number of nitrogens with one attached hydrogen (secondary N) is 1. The number of amides is 1. The Bertz CT molecular complexity index is 552. The average molecular weight is 263 g/mol. The third kappa shape index (κ3) is 4.30. The van der Waals surface area contributed by atoms with Gasteiger partial charge in [-0.15, -0.1) is 0 Å². The quantitative estimate of drug-likeness (QED) is 0.496. The number of rotatable bonds is 5. The molecule has 1 aromatic rings. The first-order valence-corrected chi connectivity index (χ1v) is 5.48.